The number of hydrogen-bond acceptors (Lipinski definition) is 5. The topological polar surface area (TPSA) is 68.7 Å². The molecule has 1 aliphatic heterocycles. The molecule has 1 aliphatic rings. The highest BCUT2D eigenvalue weighted by molar-refractivity contribution is 5.94. The maximum Gasteiger partial charge on any atom is 0.252 e. The largest absolute Gasteiger partial charge is 0.393 e. The van der Waals surface area contributed by atoms with Gasteiger partial charge in [0.25, 0.3) is 5.91 Å². The summed E-state index contributed by atoms with van der Waals surface area (Å²) in [6.07, 6.45) is 4.16. The van der Waals surface area contributed by atoms with Gasteiger partial charge in [0, 0.05) is 38.9 Å². The molecule has 2 N–H and O–H groups in total. The van der Waals surface area contributed by atoms with Gasteiger partial charge in [-0.25, -0.2) is 4.98 Å². The summed E-state index contributed by atoms with van der Waals surface area (Å²) >= 11 is 0. The predicted octanol–water partition coefficient (Wildman–Crippen LogP) is 1.50. The number of amides is 1. The third-order valence-electron chi connectivity index (χ3n) is 4.59. The third-order valence-corrected chi connectivity index (χ3v) is 4.59. The molecule has 0 aromatic carbocycles. The smallest absolute Gasteiger partial charge is 0.252 e. The zero-order valence-electron chi connectivity index (χ0n) is 14.9. The van der Waals surface area contributed by atoms with E-state index in [2.05, 4.69) is 33.9 Å². The lowest BCUT2D eigenvalue weighted by Crippen LogP contribution is -2.37. The molecule has 0 bridgehead atoms. The second kappa shape index (κ2) is 9.59. The summed E-state index contributed by atoms with van der Waals surface area (Å²) in [6, 6.07) is 3.74. The van der Waals surface area contributed by atoms with Crippen molar-refractivity contribution in [2.24, 2.45) is 0 Å². The van der Waals surface area contributed by atoms with E-state index in [9.17, 15) is 9.90 Å². The third kappa shape index (κ3) is 5.46. The van der Waals surface area contributed by atoms with Crippen LogP contribution in [0.3, 0.4) is 0 Å². The number of pyridine rings is 1. The van der Waals surface area contributed by atoms with Gasteiger partial charge in [-0.2, -0.15) is 0 Å². The minimum Gasteiger partial charge on any atom is -0.393 e. The highest BCUT2D eigenvalue weighted by atomic mass is 16.3. The maximum absolute atomic E-state index is 12.1. The minimum atomic E-state index is -0.132. The summed E-state index contributed by atoms with van der Waals surface area (Å²) in [6.45, 7) is 9.52. The molecule has 0 radical (unpaired) electrons. The quantitative estimate of drug-likeness (QED) is 0.705. The molecule has 1 aromatic heterocycles. The van der Waals surface area contributed by atoms with Crippen LogP contribution in [0, 0.1) is 0 Å². The standard InChI is InChI=1S/C18H30N4O2/c1-3-22(4-2)17-7-6-15(14-20-17)18(24)19-10-5-11-21-12-8-16(23)9-13-21/h6-7,14,16,23H,3-5,8-13H2,1-2H3,(H,19,24). The van der Waals surface area contributed by atoms with Gasteiger partial charge in [-0.15, -0.1) is 0 Å². The molecule has 0 unspecified atom stereocenters. The van der Waals surface area contributed by atoms with Gasteiger partial charge in [0.2, 0.25) is 0 Å². The van der Waals surface area contributed by atoms with E-state index >= 15 is 0 Å². The Morgan fingerprint density at radius 2 is 2.04 bits per heavy atom. The fraction of sp³-hybridized carbons (Fsp3) is 0.667. The number of aliphatic hydroxyl groups excluding tert-OH is 1. The number of hydrogen-bond donors (Lipinski definition) is 2. The molecule has 6 nitrogen and oxygen atoms in total. The summed E-state index contributed by atoms with van der Waals surface area (Å²) < 4.78 is 0. The molecule has 0 saturated carbocycles. The number of likely N-dealkylation sites (tertiary alicyclic amines) is 1. The monoisotopic (exact) mass is 334 g/mol. The lowest BCUT2D eigenvalue weighted by Gasteiger charge is -2.29. The zero-order valence-corrected chi connectivity index (χ0v) is 14.9. The number of piperidine rings is 1. The first-order chi connectivity index (χ1) is 11.6. The summed E-state index contributed by atoms with van der Waals surface area (Å²) in [4.78, 5) is 21.0. The van der Waals surface area contributed by atoms with Crippen molar-refractivity contribution >= 4 is 11.7 Å². The van der Waals surface area contributed by atoms with E-state index < -0.39 is 0 Å². The number of nitrogens with zero attached hydrogens (tertiary/aromatic N) is 3. The minimum absolute atomic E-state index is 0.0670. The van der Waals surface area contributed by atoms with Gasteiger partial charge < -0.3 is 20.2 Å². The zero-order chi connectivity index (χ0) is 17.4. The number of rotatable bonds is 8. The lowest BCUT2D eigenvalue weighted by molar-refractivity contribution is 0.0816. The molecule has 6 heteroatoms. The van der Waals surface area contributed by atoms with Gasteiger partial charge >= 0.3 is 0 Å². The highest BCUT2D eigenvalue weighted by Gasteiger charge is 2.16. The molecule has 1 fully saturated rings. The number of carbonyl (C=O) groups excluding carboxylic acids is 1. The molecule has 2 heterocycles. The van der Waals surface area contributed by atoms with Crippen LogP contribution in [0.2, 0.25) is 0 Å². The van der Waals surface area contributed by atoms with Crippen molar-refractivity contribution in [3.63, 3.8) is 0 Å². The van der Waals surface area contributed by atoms with Crippen LogP contribution in [0.15, 0.2) is 18.3 Å². The number of aromatic nitrogens is 1. The van der Waals surface area contributed by atoms with Crippen molar-refractivity contribution in [3.05, 3.63) is 23.9 Å². The highest BCUT2D eigenvalue weighted by Crippen LogP contribution is 2.11. The van der Waals surface area contributed by atoms with Crippen molar-refractivity contribution in [2.45, 2.75) is 39.2 Å². The molecule has 0 atom stereocenters. The molecule has 134 valence electrons. The first-order valence-electron chi connectivity index (χ1n) is 9.03. The van der Waals surface area contributed by atoms with E-state index in [1.54, 1.807) is 6.20 Å². The Morgan fingerprint density at radius 1 is 1.33 bits per heavy atom. The Hall–Kier alpha value is -1.66. The van der Waals surface area contributed by atoms with Crippen LogP contribution in [0.5, 0.6) is 0 Å². The average molecular weight is 334 g/mol. The molecular weight excluding hydrogens is 304 g/mol. The van der Waals surface area contributed by atoms with Gasteiger partial charge in [0.05, 0.1) is 11.7 Å². The predicted molar refractivity (Wildman–Crippen MR) is 96.4 cm³/mol. The van der Waals surface area contributed by atoms with Gasteiger partial charge in [-0.05, 0) is 51.8 Å². The normalized spacial score (nSPS) is 16.1. The molecule has 1 saturated heterocycles. The van der Waals surface area contributed by atoms with Crippen molar-refractivity contribution in [1.29, 1.82) is 0 Å². The second-order valence-electron chi connectivity index (χ2n) is 6.26. The fourth-order valence-corrected chi connectivity index (χ4v) is 3.00. The second-order valence-corrected chi connectivity index (χ2v) is 6.26. The Bertz CT molecular complexity index is 494. The van der Waals surface area contributed by atoms with Gasteiger partial charge in [0.15, 0.2) is 0 Å². The first-order valence-corrected chi connectivity index (χ1v) is 9.03. The summed E-state index contributed by atoms with van der Waals surface area (Å²) in [5, 5.41) is 12.4. The van der Waals surface area contributed by atoms with E-state index in [0.29, 0.717) is 12.1 Å². The van der Waals surface area contributed by atoms with Crippen LogP contribution in [0.25, 0.3) is 0 Å². The Labute approximate surface area is 144 Å². The number of nitrogens with one attached hydrogen (secondary N) is 1. The number of aliphatic hydroxyl groups is 1. The molecular formula is C18H30N4O2. The molecule has 1 amide bonds. The van der Waals surface area contributed by atoms with E-state index in [4.69, 9.17) is 0 Å². The Balaban J connectivity index is 1.70. The SMILES string of the molecule is CCN(CC)c1ccc(C(=O)NCCCN2CCC(O)CC2)cn1. The Morgan fingerprint density at radius 3 is 2.62 bits per heavy atom. The number of anilines is 1. The van der Waals surface area contributed by atoms with Crippen molar-refractivity contribution < 1.29 is 9.90 Å². The van der Waals surface area contributed by atoms with E-state index in [1.807, 2.05) is 12.1 Å². The van der Waals surface area contributed by atoms with Gasteiger partial charge in [0.1, 0.15) is 5.82 Å². The van der Waals surface area contributed by atoms with Crippen molar-refractivity contribution in [2.75, 3.05) is 44.2 Å². The van der Waals surface area contributed by atoms with E-state index in [0.717, 1.165) is 57.8 Å². The average Bonchev–Trinajstić information content (AvgIpc) is 2.62. The van der Waals surface area contributed by atoms with Crippen LogP contribution < -0.4 is 10.2 Å². The molecule has 0 spiro atoms. The van der Waals surface area contributed by atoms with Crippen LogP contribution in [0.4, 0.5) is 5.82 Å². The number of carbonyl (C=O) groups is 1. The molecule has 2 rings (SSSR count). The van der Waals surface area contributed by atoms with Gasteiger partial charge in [-0.3, -0.25) is 4.79 Å². The lowest BCUT2D eigenvalue weighted by atomic mass is 10.1. The summed E-state index contributed by atoms with van der Waals surface area (Å²) in [5.74, 6) is 0.839. The maximum atomic E-state index is 12.1. The Kier molecular flexibility index (Phi) is 7.46. The van der Waals surface area contributed by atoms with Crippen LogP contribution >= 0.6 is 0 Å². The van der Waals surface area contributed by atoms with Crippen LogP contribution in [-0.2, 0) is 0 Å². The first kappa shape index (κ1) is 18.7. The van der Waals surface area contributed by atoms with E-state index in [1.165, 1.54) is 0 Å². The van der Waals surface area contributed by atoms with Crippen molar-refractivity contribution in [3.8, 4) is 0 Å². The summed E-state index contributed by atoms with van der Waals surface area (Å²) in [7, 11) is 0. The van der Waals surface area contributed by atoms with Crippen molar-refractivity contribution in [1.82, 2.24) is 15.2 Å². The molecule has 24 heavy (non-hydrogen) atoms. The molecule has 1 aromatic rings. The fourth-order valence-electron chi connectivity index (χ4n) is 3.00. The summed E-state index contributed by atoms with van der Waals surface area (Å²) in [5.41, 5.74) is 0.604. The van der Waals surface area contributed by atoms with E-state index in [-0.39, 0.29) is 12.0 Å². The van der Waals surface area contributed by atoms with Crippen LogP contribution in [-0.4, -0.2) is 66.3 Å². The molecule has 0 aliphatic carbocycles. The van der Waals surface area contributed by atoms with Gasteiger partial charge in [-0.1, -0.05) is 0 Å². The van der Waals surface area contributed by atoms with Crippen LogP contribution in [0.1, 0.15) is 43.5 Å².